The molecule has 0 aliphatic carbocycles. The topological polar surface area (TPSA) is 140 Å². The zero-order chi connectivity index (χ0) is 27.6. The third-order valence-electron chi connectivity index (χ3n) is 5.48. The largest absolute Gasteiger partial charge is 1.00 e. The molecule has 0 radical (unpaired) electrons. The molecule has 13 heteroatoms. The Balaban J connectivity index is 0.00000420. The minimum Gasteiger partial charge on any atom is -0.870 e. The fraction of sp³-hybridized carbons (Fsp3) is 0.115. The molecule has 0 atom stereocenters. The van der Waals surface area contributed by atoms with Gasteiger partial charge in [-0.25, -0.2) is 0 Å². The first-order valence-corrected chi connectivity index (χ1v) is 13.4. The molecule has 0 heterocycles. The third kappa shape index (κ3) is 6.72. The number of carbonyl (C=O) groups is 1. The smallest absolute Gasteiger partial charge is 0.870 e. The summed E-state index contributed by atoms with van der Waals surface area (Å²) in [5, 5.41) is 25.4. The van der Waals surface area contributed by atoms with Crippen molar-refractivity contribution in [2.75, 3.05) is 11.9 Å². The maximum atomic E-state index is 13.5. The van der Waals surface area contributed by atoms with Gasteiger partial charge < -0.3 is 15.2 Å². The van der Waals surface area contributed by atoms with Crippen molar-refractivity contribution < 1.29 is 57.2 Å². The molecular formula is C26H20Cl2N3NaO6S. The zero-order valence-electron chi connectivity index (χ0n) is 21.0. The fourth-order valence-corrected chi connectivity index (χ4v) is 5.08. The molecule has 0 spiro atoms. The van der Waals surface area contributed by atoms with Crippen LogP contribution in [0.1, 0.15) is 22.8 Å². The number of aryl methyl sites for hydroxylation is 1. The van der Waals surface area contributed by atoms with Crippen molar-refractivity contribution in [1.29, 1.82) is 0 Å². The van der Waals surface area contributed by atoms with E-state index in [1.165, 1.54) is 19.1 Å². The summed E-state index contributed by atoms with van der Waals surface area (Å²) in [4.78, 5) is 12.7. The second kappa shape index (κ2) is 12.6. The summed E-state index contributed by atoms with van der Waals surface area (Å²) in [5.41, 5.74) is -0.0583. The number of fused-ring (bicyclic) bond motifs is 1. The van der Waals surface area contributed by atoms with Gasteiger partial charge in [-0.3, -0.25) is 9.35 Å². The number of ether oxygens (including phenoxy) is 1. The van der Waals surface area contributed by atoms with E-state index in [0.717, 1.165) is 6.07 Å². The minimum atomic E-state index is -4.71. The second-order valence-electron chi connectivity index (χ2n) is 8.07. The summed E-state index contributed by atoms with van der Waals surface area (Å²) in [6.45, 7) is 3.59. The SMILES string of the molecule is CCOc1c(Cl)cccc1NC(=O)c1cc2ccccc2c(N=Nc2c(C)cc(Cl)cc2S(=O)(=O)O)c1[O-].[Na+]. The van der Waals surface area contributed by atoms with Crippen LogP contribution >= 0.6 is 23.2 Å². The van der Waals surface area contributed by atoms with Crippen molar-refractivity contribution >= 4 is 67.1 Å². The van der Waals surface area contributed by atoms with Crippen molar-refractivity contribution in [2.45, 2.75) is 18.7 Å². The van der Waals surface area contributed by atoms with Crippen LogP contribution in [0.3, 0.4) is 0 Å². The summed E-state index contributed by atoms with van der Waals surface area (Å²) >= 11 is 12.2. The van der Waals surface area contributed by atoms with Crippen LogP contribution in [0.2, 0.25) is 10.0 Å². The summed E-state index contributed by atoms with van der Waals surface area (Å²) in [5.74, 6) is -1.22. The molecule has 0 aromatic heterocycles. The number of nitrogens with zero attached hydrogens (tertiary/aromatic N) is 2. The van der Waals surface area contributed by atoms with Gasteiger partial charge in [0.05, 0.1) is 23.0 Å². The van der Waals surface area contributed by atoms with Crippen LogP contribution in [0.15, 0.2) is 75.8 Å². The Morgan fingerprint density at radius 2 is 1.74 bits per heavy atom. The van der Waals surface area contributed by atoms with Crippen molar-refractivity contribution in [3.63, 3.8) is 0 Å². The first kappa shape index (κ1) is 30.8. The number of rotatable bonds is 7. The number of benzene rings is 4. The zero-order valence-corrected chi connectivity index (χ0v) is 25.4. The van der Waals surface area contributed by atoms with Crippen molar-refractivity contribution in [3.8, 4) is 11.5 Å². The van der Waals surface area contributed by atoms with E-state index in [0.29, 0.717) is 22.9 Å². The third-order valence-corrected chi connectivity index (χ3v) is 6.86. The standard InChI is InChI=1S/C26H21Cl2N3O6S.Na/c1-3-37-25-19(28)9-6-10-20(25)29-26(33)18-12-15-7-4-5-8-17(15)23(24(18)32)31-30-22-14(2)11-16(27)13-21(22)38(34,35)36;/h4-13,32H,3H2,1-2H3,(H,29,33)(H,34,35,36);/q;+1/p-1. The molecule has 196 valence electrons. The van der Waals surface area contributed by atoms with Gasteiger partial charge in [0.1, 0.15) is 10.6 Å². The van der Waals surface area contributed by atoms with Crippen LogP contribution in [-0.4, -0.2) is 25.5 Å². The van der Waals surface area contributed by atoms with Crippen molar-refractivity contribution in [2.24, 2.45) is 10.2 Å². The first-order valence-electron chi connectivity index (χ1n) is 11.2. The second-order valence-corrected chi connectivity index (χ2v) is 10.3. The van der Waals surface area contributed by atoms with Gasteiger partial charge in [-0.2, -0.15) is 13.5 Å². The molecule has 1 amide bonds. The van der Waals surface area contributed by atoms with Gasteiger partial charge in [0.2, 0.25) is 0 Å². The molecule has 0 aliphatic rings. The summed E-state index contributed by atoms with van der Waals surface area (Å²) in [6.07, 6.45) is 0. The van der Waals surface area contributed by atoms with Gasteiger partial charge in [0, 0.05) is 16.0 Å². The predicted octanol–water partition coefficient (Wildman–Crippen LogP) is 3.85. The molecule has 0 aliphatic heterocycles. The number of hydrogen-bond acceptors (Lipinski definition) is 7. The van der Waals surface area contributed by atoms with E-state index in [1.807, 2.05) is 0 Å². The normalized spacial score (nSPS) is 11.4. The molecule has 0 saturated heterocycles. The summed E-state index contributed by atoms with van der Waals surface area (Å²) < 4.78 is 39.0. The molecule has 4 rings (SSSR count). The average molecular weight is 596 g/mol. The number of halogens is 2. The first-order chi connectivity index (χ1) is 18.0. The van der Waals surface area contributed by atoms with E-state index in [4.69, 9.17) is 27.9 Å². The quantitative estimate of drug-likeness (QED) is 0.189. The Morgan fingerprint density at radius 3 is 2.44 bits per heavy atom. The summed E-state index contributed by atoms with van der Waals surface area (Å²) in [6, 6.07) is 15.4. The van der Waals surface area contributed by atoms with Crippen LogP contribution in [0.5, 0.6) is 11.5 Å². The number of para-hydroxylation sites is 1. The van der Waals surface area contributed by atoms with Crippen LogP contribution in [0, 0.1) is 6.92 Å². The molecule has 0 fully saturated rings. The number of nitrogens with one attached hydrogen (secondary N) is 1. The Kier molecular flexibility index (Phi) is 10.0. The van der Waals surface area contributed by atoms with Gasteiger partial charge in [-0.1, -0.05) is 59.3 Å². The molecular weight excluding hydrogens is 576 g/mol. The van der Waals surface area contributed by atoms with Crippen LogP contribution in [0.25, 0.3) is 10.8 Å². The van der Waals surface area contributed by atoms with Gasteiger partial charge in [0.15, 0.2) is 5.75 Å². The number of carbonyl (C=O) groups excluding carboxylic acids is 1. The van der Waals surface area contributed by atoms with E-state index in [-0.39, 0.29) is 68.0 Å². The van der Waals surface area contributed by atoms with E-state index < -0.39 is 26.7 Å². The number of anilines is 1. The van der Waals surface area contributed by atoms with Gasteiger partial charge in [0.25, 0.3) is 16.0 Å². The van der Waals surface area contributed by atoms with Gasteiger partial charge in [-0.15, -0.1) is 5.11 Å². The molecule has 0 bridgehead atoms. The van der Waals surface area contributed by atoms with Crippen LogP contribution < -0.4 is 44.7 Å². The van der Waals surface area contributed by atoms with Crippen LogP contribution in [0.4, 0.5) is 17.1 Å². The Labute approximate surface area is 256 Å². The number of amides is 1. The molecule has 0 saturated carbocycles. The van der Waals surface area contributed by atoms with Crippen molar-refractivity contribution in [1.82, 2.24) is 0 Å². The van der Waals surface area contributed by atoms with E-state index in [2.05, 4.69) is 15.5 Å². The monoisotopic (exact) mass is 595 g/mol. The molecule has 39 heavy (non-hydrogen) atoms. The molecule has 4 aromatic rings. The maximum absolute atomic E-state index is 13.5. The predicted molar refractivity (Wildman–Crippen MR) is 144 cm³/mol. The van der Waals surface area contributed by atoms with E-state index in [9.17, 15) is 22.9 Å². The molecule has 2 N–H and O–H groups in total. The molecule has 9 nitrogen and oxygen atoms in total. The maximum Gasteiger partial charge on any atom is 1.00 e. The average Bonchev–Trinajstić information content (AvgIpc) is 2.85. The van der Waals surface area contributed by atoms with Crippen molar-refractivity contribution in [3.05, 3.63) is 81.8 Å². The van der Waals surface area contributed by atoms with Crippen LogP contribution in [-0.2, 0) is 10.1 Å². The van der Waals surface area contributed by atoms with E-state index >= 15 is 0 Å². The van der Waals surface area contributed by atoms with E-state index in [1.54, 1.807) is 49.4 Å². The van der Waals surface area contributed by atoms with Gasteiger partial charge >= 0.3 is 29.6 Å². The summed E-state index contributed by atoms with van der Waals surface area (Å²) in [7, 11) is -4.71. The molecule has 4 aromatic carbocycles. The number of hydrogen-bond donors (Lipinski definition) is 2. The number of azo groups is 1. The Bertz CT molecular complexity index is 1710. The van der Waals surface area contributed by atoms with Gasteiger partial charge in [-0.05, 0) is 55.1 Å². The Hall–Kier alpha value is -2.70. The minimum absolute atomic E-state index is 0. The fourth-order valence-electron chi connectivity index (χ4n) is 3.79. The Morgan fingerprint density at radius 1 is 1.05 bits per heavy atom. The molecule has 0 unspecified atom stereocenters.